The highest BCUT2D eigenvalue weighted by Gasteiger charge is 2.34. The van der Waals surface area contributed by atoms with Crippen molar-refractivity contribution in [1.82, 2.24) is 15.1 Å². The van der Waals surface area contributed by atoms with Gasteiger partial charge in [0.2, 0.25) is 5.91 Å². The fourth-order valence-electron chi connectivity index (χ4n) is 4.15. The van der Waals surface area contributed by atoms with E-state index in [1.807, 2.05) is 0 Å². The van der Waals surface area contributed by atoms with Crippen molar-refractivity contribution in [3.8, 4) is 0 Å². The van der Waals surface area contributed by atoms with Crippen LogP contribution in [0.15, 0.2) is 0 Å². The summed E-state index contributed by atoms with van der Waals surface area (Å²) in [5, 5.41) is 3.49. The van der Waals surface area contributed by atoms with Crippen molar-refractivity contribution in [1.29, 1.82) is 0 Å². The average Bonchev–Trinajstić information content (AvgIpc) is 2.87. The Morgan fingerprint density at radius 1 is 1.25 bits per heavy atom. The number of hydrogen-bond donors (Lipinski definition) is 1. The number of carbonyl (C=O) groups excluding carboxylic acids is 1. The number of nitrogens with one attached hydrogen (secondary N) is 1. The van der Waals surface area contributed by atoms with Crippen LogP contribution in [0.4, 0.5) is 0 Å². The molecule has 1 atom stereocenters. The normalized spacial score (nSPS) is 33.9. The van der Waals surface area contributed by atoms with Crippen LogP contribution in [-0.4, -0.2) is 61.0 Å². The highest BCUT2D eigenvalue weighted by Crippen LogP contribution is 2.28. The first kappa shape index (κ1) is 14.3. The quantitative estimate of drug-likeness (QED) is 0.849. The van der Waals surface area contributed by atoms with E-state index in [2.05, 4.69) is 22.0 Å². The second-order valence-corrected chi connectivity index (χ2v) is 7.29. The molecule has 3 saturated heterocycles. The SMILES string of the molecule is CC1(CN2CCC(N3CCCCC3=O)CC2)CCNC1. The van der Waals surface area contributed by atoms with Crippen LogP contribution in [0.3, 0.4) is 0 Å². The number of hydrogen-bond acceptors (Lipinski definition) is 3. The van der Waals surface area contributed by atoms with Crippen LogP contribution < -0.4 is 5.32 Å². The van der Waals surface area contributed by atoms with Crippen LogP contribution in [0, 0.1) is 5.41 Å². The molecule has 0 aromatic carbocycles. The summed E-state index contributed by atoms with van der Waals surface area (Å²) in [5.74, 6) is 0.404. The molecule has 0 aliphatic carbocycles. The second kappa shape index (κ2) is 6.02. The van der Waals surface area contributed by atoms with Gasteiger partial charge in [0, 0.05) is 45.2 Å². The lowest BCUT2D eigenvalue weighted by Gasteiger charge is -2.42. The van der Waals surface area contributed by atoms with Crippen LogP contribution in [0.25, 0.3) is 0 Å². The molecule has 4 nitrogen and oxygen atoms in total. The predicted molar refractivity (Wildman–Crippen MR) is 80.6 cm³/mol. The molecule has 0 radical (unpaired) electrons. The van der Waals surface area contributed by atoms with Gasteiger partial charge in [-0.15, -0.1) is 0 Å². The third-order valence-electron chi connectivity index (χ3n) is 5.42. The lowest BCUT2D eigenvalue weighted by Crippen LogP contribution is -2.50. The summed E-state index contributed by atoms with van der Waals surface area (Å²) >= 11 is 0. The van der Waals surface area contributed by atoms with Gasteiger partial charge in [0.05, 0.1) is 0 Å². The van der Waals surface area contributed by atoms with E-state index < -0.39 is 0 Å². The maximum absolute atomic E-state index is 12.0. The van der Waals surface area contributed by atoms with Gasteiger partial charge in [0.15, 0.2) is 0 Å². The van der Waals surface area contributed by atoms with E-state index in [0.29, 0.717) is 17.4 Å². The van der Waals surface area contributed by atoms with Crippen LogP contribution in [0.5, 0.6) is 0 Å². The van der Waals surface area contributed by atoms with Crippen molar-refractivity contribution >= 4 is 5.91 Å². The Labute approximate surface area is 122 Å². The summed E-state index contributed by atoms with van der Waals surface area (Å²) in [6.07, 6.45) is 6.74. The molecular formula is C16H29N3O. The Hall–Kier alpha value is -0.610. The third kappa shape index (κ3) is 3.17. The van der Waals surface area contributed by atoms with Crippen LogP contribution in [0.1, 0.15) is 45.4 Å². The first-order valence-electron chi connectivity index (χ1n) is 8.39. The second-order valence-electron chi connectivity index (χ2n) is 7.29. The van der Waals surface area contributed by atoms with Gasteiger partial charge in [-0.05, 0) is 44.1 Å². The van der Waals surface area contributed by atoms with Gasteiger partial charge in [-0.25, -0.2) is 0 Å². The molecule has 3 fully saturated rings. The maximum Gasteiger partial charge on any atom is 0.222 e. The molecule has 114 valence electrons. The highest BCUT2D eigenvalue weighted by molar-refractivity contribution is 5.77. The molecule has 4 heteroatoms. The smallest absolute Gasteiger partial charge is 0.222 e. The number of rotatable bonds is 3. The molecule has 3 aliphatic rings. The Morgan fingerprint density at radius 3 is 2.70 bits per heavy atom. The summed E-state index contributed by atoms with van der Waals surface area (Å²) in [4.78, 5) is 16.8. The molecule has 1 unspecified atom stereocenters. The molecule has 0 aromatic rings. The minimum absolute atomic E-state index is 0.404. The van der Waals surface area contributed by atoms with Crippen molar-refractivity contribution in [3.05, 3.63) is 0 Å². The first-order valence-corrected chi connectivity index (χ1v) is 8.39. The fourth-order valence-corrected chi connectivity index (χ4v) is 4.15. The van der Waals surface area contributed by atoms with Gasteiger partial charge in [0.1, 0.15) is 0 Å². The minimum Gasteiger partial charge on any atom is -0.340 e. The Morgan fingerprint density at radius 2 is 2.05 bits per heavy atom. The molecule has 20 heavy (non-hydrogen) atoms. The summed E-state index contributed by atoms with van der Waals surface area (Å²) in [6.45, 7) is 9.32. The van der Waals surface area contributed by atoms with E-state index in [1.165, 1.54) is 51.9 Å². The number of amides is 1. The molecule has 3 heterocycles. The number of piperidine rings is 2. The summed E-state index contributed by atoms with van der Waals surface area (Å²) in [6, 6.07) is 0.522. The zero-order chi connectivity index (χ0) is 14.0. The Bertz CT molecular complexity index is 344. The van der Waals surface area contributed by atoms with Crippen molar-refractivity contribution in [2.45, 2.75) is 51.5 Å². The third-order valence-corrected chi connectivity index (χ3v) is 5.42. The Balaban J connectivity index is 1.48. The van der Waals surface area contributed by atoms with Crippen molar-refractivity contribution in [2.24, 2.45) is 5.41 Å². The van der Waals surface area contributed by atoms with Gasteiger partial charge in [0.25, 0.3) is 0 Å². The van der Waals surface area contributed by atoms with Gasteiger partial charge < -0.3 is 15.1 Å². The zero-order valence-corrected chi connectivity index (χ0v) is 12.9. The molecular weight excluding hydrogens is 250 g/mol. The molecule has 0 bridgehead atoms. The topological polar surface area (TPSA) is 35.6 Å². The molecule has 3 aliphatic heterocycles. The van der Waals surface area contributed by atoms with E-state index in [-0.39, 0.29) is 0 Å². The van der Waals surface area contributed by atoms with Gasteiger partial charge in [-0.2, -0.15) is 0 Å². The van der Waals surface area contributed by atoms with Crippen molar-refractivity contribution < 1.29 is 4.79 Å². The van der Waals surface area contributed by atoms with E-state index in [9.17, 15) is 4.79 Å². The minimum atomic E-state index is 0.404. The lowest BCUT2D eigenvalue weighted by atomic mass is 9.88. The molecule has 0 spiro atoms. The molecule has 0 aromatic heterocycles. The molecule has 3 rings (SSSR count). The maximum atomic E-state index is 12.0. The van der Waals surface area contributed by atoms with Crippen molar-refractivity contribution in [3.63, 3.8) is 0 Å². The number of carbonyl (C=O) groups is 1. The monoisotopic (exact) mass is 279 g/mol. The zero-order valence-electron chi connectivity index (χ0n) is 12.9. The molecule has 1 N–H and O–H groups in total. The standard InChI is InChI=1S/C16H29N3O/c1-16(7-8-17-12-16)13-18-10-5-14(6-11-18)19-9-3-2-4-15(19)20/h14,17H,2-13H2,1H3. The summed E-state index contributed by atoms with van der Waals surface area (Å²) in [5.41, 5.74) is 0.466. The van der Waals surface area contributed by atoms with Crippen LogP contribution in [0.2, 0.25) is 0 Å². The first-order chi connectivity index (χ1) is 9.66. The number of likely N-dealkylation sites (tertiary alicyclic amines) is 2. The van der Waals surface area contributed by atoms with Crippen LogP contribution in [-0.2, 0) is 4.79 Å². The lowest BCUT2D eigenvalue weighted by molar-refractivity contribution is -0.136. The molecule has 0 saturated carbocycles. The van der Waals surface area contributed by atoms with Gasteiger partial charge in [-0.1, -0.05) is 6.92 Å². The molecule has 1 amide bonds. The Kier molecular flexibility index (Phi) is 4.32. The van der Waals surface area contributed by atoms with Gasteiger partial charge in [-0.3, -0.25) is 4.79 Å². The highest BCUT2D eigenvalue weighted by atomic mass is 16.2. The summed E-state index contributed by atoms with van der Waals surface area (Å²) in [7, 11) is 0. The summed E-state index contributed by atoms with van der Waals surface area (Å²) < 4.78 is 0. The number of nitrogens with zero attached hydrogens (tertiary/aromatic N) is 2. The van der Waals surface area contributed by atoms with E-state index in [1.54, 1.807) is 0 Å². The fraction of sp³-hybridized carbons (Fsp3) is 0.938. The van der Waals surface area contributed by atoms with Gasteiger partial charge >= 0.3 is 0 Å². The van der Waals surface area contributed by atoms with E-state index in [4.69, 9.17) is 0 Å². The van der Waals surface area contributed by atoms with Crippen molar-refractivity contribution in [2.75, 3.05) is 39.3 Å². The largest absolute Gasteiger partial charge is 0.340 e. The van der Waals surface area contributed by atoms with E-state index in [0.717, 1.165) is 25.9 Å². The van der Waals surface area contributed by atoms with E-state index >= 15 is 0 Å². The predicted octanol–water partition coefficient (Wildman–Crippen LogP) is 1.46. The van der Waals surface area contributed by atoms with Crippen LogP contribution >= 0.6 is 0 Å². The average molecular weight is 279 g/mol.